The van der Waals surface area contributed by atoms with Crippen LogP contribution in [0.5, 0.6) is 11.5 Å². The lowest BCUT2D eigenvalue weighted by Crippen LogP contribution is -2.49. The molecule has 1 unspecified atom stereocenters. The number of carbonyl (C=O) groups is 2. The van der Waals surface area contributed by atoms with E-state index in [-0.39, 0.29) is 23.5 Å². The van der Waals surface area contributed by atoms with Gasteiger partial charge in [0.15, 0.2) is 0 Å². The first kappa shape index (κ1) is 25.7. The summed E-state index contributed by atoms with van der Waals surface area (Å²) >= 11 is 12.4. The number of amides is 1. The normalized spacial score (nSPS) is 12.1. The van der Waals surface area contributed by atoms with E-state index in [4.69, 9.17) is 37.4 Å². The number of halogens is 2. The number of carbonyl (C=O) groups excluding carboxylic acids is 2. The molecule has 0 fully saturated rings. The molecule has 1 aromatic heterocycles. The van der Waals surface area contributed by atoms with Gasteiger partial charge in [0.05, 0.1) is 32.9 Å². The molecule has 1 amide bonds. The van der Waals surface area contributed by atoms with Crippen LogP contribution < -0.4 is 9.47 Å². The minimum absolute atomic E-state index is 0.141. The summed E-state index contributed by atoms with van der Waals surface area (Å²) in [5.74, 6) is -0.871. The molecule has 7 nitrogen and oxygen atoms in total. The van der Waals surface area contributed by atoms with Crippen LogP contribution >= 0.6 is 23.2 Å². The molecule has 0 radical (unpaired) electrons. The van der Waals surface area contributed by atoms with Crippen LogP contribution in [-0.4, -0.2) is 42.6 Å². The van der Waals surface area contributed by atoms with Crippen molar-refractivity contribution < 1.29 is 23.8 Å². The van der Waals surface area contributed by atoms with Crippen molar-refractivity contribution in [3.63, 3.8) is 0 Å². The maximum absolute atomic E-state index is 13.6. The maximum Gasteiger partial charge on any atom is 0.318 e. The second kappa shape index (κ2) is 10.9. The largest absolute Gasteiger partial charge is 0.497 e. The lowest BCUT2D eigenvalue weighted by Gasteiger charge is -2.40. The zero-order valence-corrected chi connectivity index (χ0v) is 20.6. The topological polar surface area (TPSA) is 78.0 Å². The number of aromatic nitrogens is 1. The quantitative estimate of drug-likeness (QED) is 0.288. The smallest absolute Gasteiger partial charge is 0.318 e. The number of esters is 1. The fourth-order valence-electron chi connectivity index (χ4n) is 3.32. The zero-order chi connectivity index (χ0) is 24.1. The first-order chi connectivity index (χ1) is 15.1. The van der Waals surface area contributed by atoms with Gasteiger partial charge in [0, 0.05) is 17.2 Å². The second-order valence-electron chi connectivity index (χ2n) is 7.61. The standard InChI is InChI=1S/C23H28Cl2N2O5/c1-7-32-22(29)14(2)21(28)27(13-15-8-9-16(30-5)12-18(15)31-6)23(3,4)17-10-11-19(24)26-20(17)25/h8-12,14H,7,13H2,1-6H3. The fraction of sp³-hybridized carbons (Fsp3) is 0.435. The molecule has 174 valence electrons. The van der Waals surface area contributed by atoms with E-state index < -0.39 is 23.3 Å². The Morgan fingerprint density at radius 2 is 1.81 bits per heavy atom. The van der Waals surface area contributed by atoms with Gasteiger partial charge < -0.3 is 19.1 Å². The average Bonchev–Trinajstić information content (AvgIpc) is 2.76. The molecule has 0 saturated heterocycles. The highest BCUT2D eigenvalue weighted by atomic mass is 35.5. The summed E-state index contributed by atoms with van der Waals surface area (Å²) < 4.78 is 15.8. The van der Waals surface area contributed by atoms with E-state index in [0.29, 0.717) is 17.1 Å². The van der Waals surface area contributed by atoms with Gasteiger partial charge in [-0.05, 0) is 45.9 Å². The summed E-state index contributed by atoms with van der Waals surface area (Å²) in [5.41, 5.74) is 0.363. The maximum atomic E-state index is 13.6. The van der Waals surface area contributed by atoms with Gasteiger partial charge in [-0.25, -0.2) is 4.98 Å². The van der Waals surface area contributed by atoms with Crippen LogP contribution in [0.4, 0.5) is 0 Å². The summed E-state index contributed by atoms with van der Waals surface area (Å²) in [5, 5.41) is 0.412. The van der Waals surface area contributed by atoms with Crippen LogP contribution in [0.2, 0.25) is 10.3 Å². The molecule has 0 bridgehead atoms. The SMILES string of the molecule is CCOC(=O)C(C)C(=O)N(Cc1ccc(OC)cc1OC)C(C)(C)c1ccc(Cl)nc1Cl. The Bertz CT molecular complexity index is 981. The molecule has 0 saturated carbocycles. The minimum atomic E-state index is -1.02. The highest BCUT2D eigenvalue weighted by Gasteiger charge is 2.39. The van der Waals surface area contributed by atoms with Crippen molar-refractivity contribution in [2.24, 2.45) is 5.92 Å². The van der Waals surface area contributed by atoms with Gasteiger partial charge >= 0.3 is 5.97 Å². The third-order valence-corrected chi connectivity index (χ3v) is 5.75. The van der Waals surface area contributed by atoms with Gasteiger partial charge in [-0.1, -0.05) is 29.3 Å². The predicted molar refractivity (Wildman–Crippen MR) is 123 cm³/mol. The number of ether oxygens (including phenoxy) is 3. The molecule has 1 aromatic carbocycles. The number of methoxy groups -OCH3 is 2. The van der Waals surface area contributed by atoms with E-state index in [9.17, 15) is 9.59 Å². The van der Waals surface area contributed by atoms with Crippen LogP contribution in [-0.2, 0) is 26.4 Å². The molecular weight excluding hydrogens is 455 g/mol. The predicted octanol–water partition coefficient (Wildman–Crippen LogP) is 4.87. The van der Waals surface area contributed by atoms with E-state index in [1.807, 2.05) is 19.9 Å². The van der Waals surface area contributed by atoms with Crippen molar-refractivity contribution >= 4 is 35.1 Å². The molecular formula is C23H28Cl2N2O5. The Kier molecular flexibility index (Phi) is 8.75. The van der Waals surface area contributed by atoms with Gasteiger partial charge in [-0.3, -0.25) is 9.59 Å². The third kappa shape index (κ3) is 5.64. The van der Waals surface area contributed by atoms with Crippen molar-refractivity contribution in [3.05, 3.63) is 51.8 Å². The van der Waals surface area contributed by atoms with E-state index >= 15 is 0 Å². The van der Waals surface area contributed by atoms with E-state index in [2.05, 4.69) is 4.98 Å². The Morgan fingerprint density at radius 3 is 2.38 bits per heavy atom. The molecule has 32 heavy (non-hydrogen) atoms. The Balaban J connectivity index is 2.56. The van der Waals surface area contributed by atoms with Crippen molar-refractivity contribution in [2.45, 2.75) is 39.8 Å². The molecule has 0 aliphatic heterocycles. The van der Waals surface area contributed by atoms with E-state index in [1.54, 1.807) is 43.2 Å². The molecule has 1 heterocycles. The number of hydrogen-bond acceptors (Lipinski definition) is 6. The number of benzene rings is 1. The van der Waals surface area contributed by atoms with Crippen molar-refractivity contribution in [2.75, 3.05) is 20.8 Å². The van der Waals surface area contributed by atoms with Gasteiger partial charge in [0.1, 0.15) is 27.7 Å². The summed E-state index contributed by atoms with van der Waals surface area (Å²) in [7, 11) is 3.10. The van der Waals surface area contributed by atoms with Gasteiger partial charge in [-0.2, -0.15) is 0 Å². The number of nitrogens with zero attached hydrogens (tertiary/aromatic N) is 2. The van der Waals surface area contributed by atoms with E-state index in [0.717, 1.165) is 5.56 Å². The average molecular weight is 483 g/mol. The summed E-state index contributed by atoms with van der Waals surface area (Å²) in [6.07, 6.45) is 0. The van der Waals surface area contributed by atoms with Gasteiger partial charge in [0.25, 0.3) is 0 Å². The van der Waals surface area contributed by atoms with Crippen LogP contribution in [0.3, 0.4) is 0 Å². The lowest BCUT2D eigenvalue weighted by molar-refractivity contribution is -0.157. The molecule has 2 rings (SSSR count). The summed E-state index contributed by atoms with van der Waals surface area (Å²) in [6, 6.07) is 8.65. The first-order valence-electron chi connectivity index (χ1n) is 10.1. The Morgan fingerprint density at radius 1 is 1.12 bits per heavy atom. The molecule has 9 heteroatoms. The molecule has 0 spiro atoms. The second-order valence-corrected chi connectivity index (χ2v) is 8.35. The molecule has 0 N–H and O–H groups in total. The fourth-order valence-corrected chi connectivity index (χ4v) is 3.90. The monoisotopic (exact) mass is 482 g/mol. The van der Waals surface area contributed by atoms with Crippen LogP contribution in [0.1, 0.15) is 38.8 Å². The van der Waals surface area contributed by atoms with Gasteiger partial charge in [0.2, 0.25) is 5.91 Å². The Labute approximate surface area is 198 Å². The number of rotatable bonds is 9. The van der Waals surface area contributed by atoms with Crippen LogP contribution in [0.15, 0.2) is 30.3 Å². The third-order valence-electron chi connectivity index (χ3n) is 5.25. The number of pyridine rings is 1. The van der Waals surface area contributed by atoms with Crippen molar-refractivity contribution in [3.8, 4) is 11.5 Å². The molecule has 0 aliphatic rings. The molecule has 1 atom stereocenters. The lowest BCUT2D eigenvalue weighted by atomic mass is 9.91. The Hall–Kier alpha value is -2.51. The van der Waals surface area contributed by atoms with E-state index in [1.165, 1.54) is 14.0 Å². The highest BCUT2D eigenvalue weighted by Crippen LogP contribution is 2.37. The van der Waals surface area contributed by atoms with Gasteiger partial charge in [-0.15, -0.1) is 0 Å². The number of hydrogen-bond donors (Lipinski definition) is 0. The summed E-state index contributed by atoms with van der Waals surface area (Å²) in [6.45, 7) is 7.19. The molecule has 0 aliphatic carbocycles. The van der Waals surface area contributed by atoms with Crippen LogP contribution in [0.25, 0.3) is 0 Å². The highest BCUT2D eigenvalue weighted by molar-refractivity contribution is 6.33. The molecule has 2 aromatic rings. The zero-order valence-electron chi connectivity index (χ0n) is 19.1. The first-order valence-corrected chi connectivity index (χ1v) is 10.8. The summed E-state index contributed by atoms with van der Waals surface area (Å²) in [4.78, 5) is 31.6. The van der Waals surface area contributed by atoms with Crippen LogP contribution in [0, 0.1) is 5.92 Å². The van der Waals surface area contributed by atoms with Crippen molar-refractivity contribution in [1.29, 1.82) is 0 Å². The van der Waals surface area contributed by atoms with Crippen molar-refractivity contribution in [1.82, 2.24) is 9.88 Å². The minimum Gasteiger partial charge on any atom is -0.497 e.